The fourth-order valence-corrected chi connectivity index (χ4v) is 4.41. The number of esters is 1. The molecule has 2 aromatic heterocycles. The van der Waals surface area contributed by atoms with Crippen molar-refractivity contribution in [3.05, 3.63) is 69.6 Å². The average molecular weight is 510 g/mol. The number of amides is 1. The quantitative estimate of drug-likeness (QED) is 0.212. The molecule has 11 nitrogen and oxygen atoms in total. The Hall–Kier alpha value is -4.45. The number of rotatable bonds is 8. The summed E-state index contributed by atoms with van der Waals surface area (Å²) >= 11 is 1.32. The number of methoxy groups -OCH3 is 3. The summed E-state index contributed by atoms with van der Waals surface area (Å²) < 4.78 is 17.3. The van der Waals surface area contributed by atoms with Crippen LogP contribution in [0.3, 0.4) is 0 Å². The van der Waals surface area contributed by atoms with Gasteiger partial charge in [-0.1, -0.05) is 23.5 Å². The van der Waals surface area contributed by atoms with Crippen molar-refractivity contribution < 1.29 is 23.8 Å². The standard InChI is InChI=1S/C24H23N5O6S/c1-13(26-27-22(31)14-9-15(33-2)11-16(10-14)34-3)21-18(12-20(30)35-4)28-29(23(21)32)24-25-17-7-5-6-8-19(17)36-24/h5-11,28H,12H2,1-4H3,(H,27,31)/b26-13+. The number of benzene rings is 2. The zero-order chi connectivity index (χ0) is 25.8. The van der Waals surface area contributed by atoms with Crippen molar-refractivity contribution in [2.24, 2.45) is 5.10 Å². The van der Waals surface area contributed by atoms with Crippen LogP contribution in [0, 0.1) is 0 Å². The van der Waals surface area contributed by atoms with Crippen molar-refractivity contribution in [3.63, 3.8) is 0 Å². The van der Waals surface area contributed by atoms with Crippen LogP contribution < -0.4 is 20.5 Å². The van der Waals surface area contributed by atoms with Crippen LogP contribution in [-0.4, -0.2) is 53.7 Å². The lowest BCUT2D eigenvalue weighted by atomic mass is 10.1. The normalized spacial score (nSPS) is 11.4. The summed E-state index contributed by atoms with van der Waals surface area (Å²) in [6.45, 7) is 1.56. The minimum Gasteiger partial charge on any atom is -0.497 e. The summed E-state index contributed by atoms with van der Waals surface area (Å²) in [6, 6.07) is 12.2. The summed E-state index contributed by atoms with van der Waals surface area (Å²) in [5.74, 6) is -0.216. The molecule has 2 N–H and O–H groups in total. The van der Waals surface area contributed by atoms with Crippen LogP contribution in [0.1, 0.15) is 28.5 Å². The number of aromatic nitrogens is 3. The summed E-state index contributed by atoms with van der Waals surface area (Å²) in [7, 11) is 4.21. The van der Waals surface area contributed by atoms with E-state index < -0.39 is 17.4 Å². The molecule has 0 aliphatic carbocycles. The molecule has 0 saturated carbocycles. The van der Waals surface area contributed by atoms with Crippen molar-refractivity contribution in [1.29, 1.82) is 0 Å². The maximum absolute atomic E-state index is 13.4. The molecule has 0 bridgehead atoms. The molecule has 4 rings (SSSR count). The smallest absolute Gasteiger partial charge is 0.311 e. The Morgan fingerprint density at radius 1 is 1.11 bits per heavy atom. The number of ether oxygens (including phenoxy) is 3. The van der Waals surface area contributed by atoms with Gasteiger partial charge in [-0.15, -0.1) is 0 Å². The van der Waals surface area contributed by atoms with Gasteiger partial charge in [-0.2, -0.15) is 9.78 Å². The first-order valence-corrected chi connectivity index (χ1v) is 11.5. The summed E-state index contributed by atoms with van der Waals surface area (Å²) in [4.78, 5) is 42.6. The number of hydrazone groups is 1. The number of nitrogens with zero attached hydrogens (tertiary/aromatic N) is 3. The number of hydrogen-bond acceptors (Lipinski definition) is 9. The lowest BCUT2D eigenvalue weighted by Crippen LogP contribution is -2.24. The zero-order valence-corrected chi connectivity index (χ0v) is 20.8. The van der Waals surface area contributed by atoms with E-state index in [1.54, 1.807) is 13.0 Å². The molecule has 0 spiro atoms. The van der Waals surface area contributed by atoms with E-state index in [0.717, 1.165) is 10.2 Å². The molecule has 4 aromatic rings. The Balaban J connectivity index is 1.70. The zero-order valence-electron chi connectivity index (χ0n) is 19.9. The Morgan fingerprint density at radius 3 is 2.44 bits per heavy atom. The minimum absolute atomic E-state index is 0.128. The van der Waals surface area contributed by atoms with Gasteiger partial charge in [-0.25, -0.2) is 10.4 Å². The molecular weight excluding hydrogens is 486 g/mol. The van der Waals surface area contributed by atoms with Gasteiger partial charge in [-0.3, -0.25) is 19.5 Å². The fourth-order valence-electron chi connectivity index (χ4n) is 3.48. The van der Waals surface area contributed by atoms with Crippen LogP contribution in [0.5, 0.6) is 11.5 Å². The van der Waals surface area contributed by atoms with Gasteiger partial charge in [0.25, 0.3) is 11.5 Å². The number of aromatic amines is 1. The van der Waals surface area contributed by atoms with E-state index in [4.69, 9.17) is 14.2 Å². The molecule has 2 aromatic carbocycles. The van der Waals surface area contributed by atoms with Gasteiger partial charge >= 0.3 is 5.97 Å². The SMILES string of the molecule is COC(=O)Cc1[nH]n(-c2nc3ccccc3s2)c(=O)c1/C(C)=N/NC(=O)c1cc(OC)cc(OC)c1. The Labute approximate surface area is 209 Å². The topological polar surface area (TPSA) is 137 Å². The van der Waals surface area contributed by atoms with Gasteiger partial charge in [0.05, 0.1) is 54.9 Å². The van der Waals surface area contributed by atoms with E-state index in [2.05, 4.69) is 20.6 Å². The average Bonchev–Trinajstić information content (AvgIpc) is 3.47. The number of fused-ring (bicyclic) bond motifs is 1. The summed E-state index contributed by atoms with van der Waals surface area (Å²) in [5, 5.41) is 7.47. The van der Waals surface area contributed by atoms with Gasteiger partial charge in [0, 0.05) is 11.6 Å². The maximum atomic E-state index is 13.4. The number of H-pyrrole nitrogens is 1. The van der Waals surface area contributed by atoms with E-state index in [0.29, 0.717) is 16.6 Å². The predicted octanol–water partition coefficient (Wildman–Crippen LogP) is 2.66. The highest BCUT2D eigenvalue weighted by atomic mass is 32.1. The third-order valence-corrected chi connectivity index (χ3v) is 6.31. The van der Waals surface area contributed by atoms with Crippen molar-refractivity contribution >= 4 is 39.1 Å². The van der Waals surface area contributed by atoms with Crippen LogP contribution in [-0.2, 0) is 16.0 Å². The Morgan fingerprint density at radius 2 is 1.81 bits per heavy atom. The number of para-hydroxylation sites is 1. The van der Waals surface area contributed by atoms with Crippen molar-refractivity contribution in [2.45, 2.75) is 13.3 Å². The Kier molecular flexibility index (Phi) is 7.15. The van der Waals surface area contributed by atoms with Crippen molar-refractivity contribution in [1.82, 2.24) is 20.2 Å². The van der Waals surface area contributed by atoms with Crippen LogP contribution in [0.25, 0.3) is 15.3 Å². The molecule has 2 heterocycles. The van der Waals surface area contributed by atoms with E-state index >= 15 is 0 Å². The summed E-state index contributed by atoms with van der Waals surface area (Å²) in [6.07, 6.45) is -0.202. The minimum atomic E-state index is -0.547. The van der Waals surface area contributed by atoms with Gasteiger partial charge in [0.15, 0.2) is 0 Å². The lowest BCUT2D eigenvalue weighted by molar-refractivity contribution is -0.139. The third kappa shape index (κ3) is 4.98. The van der Waals surface area contributed by atoms with Crippen LogP contribution >= 0.6 is 11.3 Å². The van der Waals surface area contributed by atoms with Gasteiger partial charge in [0.2, 0.25) is 5.13 Å². The van der Waals surface area contributed by atoms with Crippen molar-refractivity contribution in [2.75, 3.05) is 21.3 Å². The first kappa shape index (κ1) is 24.7. The van der Waals surface area contributed by atoms with Gasteiger partial charge in [0.1, 0.15) is 11.5 Å². The molecule has 0 unspecified atom stereocenters. The number of thiazole rings is 1. The third-order valence-electron chi connectivity index (χ3n) is 5.29. The highest BCUT2D eigenvalue weighted by Gasteiger charge is 2.22. The van der Waals surface area contributed by atoms with Crippen LogP contribution in [0.2, 0.25) is 0 Å². The highest BCUT2D eigenvalue weighted by Crippen LogP contribution is 2.24. The highest BCUT2D eigenvalue weighted by molar-refractivity contribution is 7.20. The molecule has 0 radical (unpaired) electrons. The number of carbonyl (C=O) groups excluding carboxylic acids is 2. The number of hydrogen-bond donors (Lipinski definition) is 2. The molecule has 1 amide bonds. The molecule has 0 saturated heterocycles. The second-order valence-corrected chi connectivity index (χ2v) is 8.57. The van der Waals surface area contributed by atoms with Gasteiger partial charge in [-0.05, 0) is 31.2 Å². The van der Waals surface area contributed by atoms with Crippen molar-refractivity contribution in [3.8, 4) is 16.6 Å². The molecule has 0 fully saturated rings. The molecular formula is C24H23N5O6S. The monoisotopic (exact) mass is 509 g/mol. The predicted molar refractivity (Wildman–Crippen MR) is 135 cm³/mol. The number of nitrogens with one attached hydrogen (secondary N) is 2. The Bertz CT molecular complexity index is 1480. The fraction of sp³-hybridized carbons (Fsp3) is 0.208. The van der Waals surface area contributed by atoms with E-state index in [-0.39, 0.29) is 29.0 Å². The summed E-state index contributed by atoms with van der Waals surface area (Å²) in [5.41, 5.74) is 3.56. The molecule has 0 aliphatic heterocycles. The molecule has 0 atom stereocenters. The molecule has 186 valence electrons. The first-order chi connectivity index (χ1) is 17.3. The maximum Gasteiger partial charge on any atom is 0.311 e. The lowest BCUT2D eigenvalue weighted by Gasteiger charge is -2.08. The van der Waals surface area contributed by atoms with E-state index in [9.17, 15) is 14.4 Å². The molecule has 36 heavy (non-hydrogen) atoms. The number of carbonyl (C=O) groups is 2. The van der Waals surface area contributed by atoms with Crippen LogP contribution in [0.4, 0.5) is 0 Å². The molecule has 0 aliphatic rings. The van der Waals surface area contributed by atoms with E-state index in [1.165, 1.54) is 49.5 Å². The largest absolute Gasteiger partial charge is 0.497 e. The van der Waals surface area contributed by atoms with Gasteiger partial charge < -0.3 is 14.2 Å². The first-order valence-electron chi connectivity index (χ1n) is 10.7. The van der Waals surface area contributed by atoms with E-state index in [1.807, 2.05) is 24.3 Å². The second-order valence-electron chi connectivity index (χ2n) is 7.56. The molecule has 12 heteroatoms. The second kappa shape index (κ2) is 10.4. The van der Waals surface area contributed by atoms with Crippen LogP contribution in [0.15, 0.2) is 52.4 Å².